The molecule has 1 aliphatic carbocycles. The number of thiophene rings is 1. The molecule has 3 aromatic rings. The van der Waals surface area contributed by atoms with Crippen LogP contribution >= 0.6 is 11.3 Å². The quantitative estimate of drug-likeness (QED) is 0.428. The van der Waals surface area contributed by atoms with Gasteiger partial charge in [0.15, 0.2) is 6.61 Å². The summed E-state index contributed by atoms with van der Waals surface area (Å²) in [6.07, 6.45) is 3.90. The van der Waals surface area contributed by atoms with E-state index in [9.17, 15) is 9.59 Å². The Morgan fingerprint density at radius 2 is 1.64 bits per heavy atom. The molecule has 33 heavy (non-hydrogen) atoms. The van der Waals surface area contributed by atoms with Crippen molar-refractivity contribution in [2.24, 2.45) is 0 Å². The van der Waals surface area contributed by atoms with Crippen LogP contribution in [0.3, 0.4) is 0 Å². The standard InChI is InChI=1S/C26H27NO5S/c1-2-30-26(29)24-21-10-6-7-11-22(21)33-25(24)27-23(28)17-32-20-14-12-19(13-15-20)31-16-18-8-4-3-5-9-18/h3-5,8-9,12-15H,2,6-7,10-11,16-17H2,1H3,(H,27,28). The Morgan fingerprint density at radius 3 is 2.36 bits per heavy atom. The maximum absolute atomic E-state index is 12.6. The van der Waals surface area contributed by atoms with E-state index in [1.165, 1.54) is 11.3 Å². The van der Waals surface area contributed by atoms with Crippen molar-refractivity contribution in [3.05, 3.63) is 76.2 Å². The molecule has 1 aliphatic rings. The first kappa shape index (κ1) is 22.9. The average molecular weight is 466 g/mol. The van der Waals surface area contributed by atoms with Crippen molar-refractivity contribution >= 4 is 28.2 Å². The minimum Gasteiger partial charge on any atom is -0.489 e. The molecule has 0 atom stereocenters. The number of benzene rings is 2. The largest absolute Gasteiger partial charge is 0.489 e. The second-order valence-corrected chi connectivity index (χ2v) is 8.82. The van der Waals surface area contributed by atoms with Gasteiger partial charge in [-0.15, -0.1) is 11.3 Å². The van der Waals surface area contributed by atoms with Crippen LogP contribution in [0.2, 0.25) is 0 Å². The Bertz CT molecular complexity index is 1090. The zero-order valence-electron chi connectivity index (χ0n) is 18.6. The number of anilines is 1. The van der Waals surface area contributed by atoms with Gasteiger partial charge in [0.1, 0.15) is 23.1 Å². The lowest BCUT2D eigenvalue weighted by Gasteiger charge is -2.12. The summed E-state index contributed by atoms with van der Waals surface area (Å²) < 4.78 is 16.6. The number of rotatable bonds is 9. The van der Waals surface area contributed by atoms with Gasteiger partial charge in [0, 0.05) is 4.88 Å². The van der Waals surface area contributed by atoms with Crippen LogP contribution in [0, 0.1) is 0 Å². The van der Waals surface area contributed by atoms with Crippen molar-refractivity contribution in [2.75, 3.05) is 18.5 Å². The van der Waals surface area contributed by atoms with E-state index >= 15 is 0 Å². The summed E-state index contributed by atoms with van der Waals surface area (Å²) in [7, 11) is 0. The number of aryl methyl sites for hydroxylation is 1. The van der Waals surface area contributed by atoms with Crippen LogP contribution < -0.4 is 14.8 Å². The van der Waals surface area contributed by atoms with Crippen molar-refractivity contribution in [1.82, 2.24) is 0 Å². The van der Waals surface area contributed by atoms with E-state index < -0.39 is 0 Å². The summed E-state index contributed by atoms with van der Waals surface area (Å²) in [5, 5.41) is 3.41. The molecule has 0 saturated carbocycles. The van der Waals surface area contributed by atoms with Gasteiger partial charge in [-0.2, -0.15) is 0 Å². The normalized spacial score (nSPS) is 12.5. The zero-order valence-corrected chi connectivity index (χ0v) is 19.4. The first-order valence-electron chi connectivity index (χ1n) is 11.1. The van der Waals surface area contributed by atoms with Gasteiger partial charge in [-0.3, -0.25) is 4.79 Å². The van der Waals surface area contributed by atoms with Gasteiger partial charge >= 0.3 is 5.97 Å². The van der Waals surface area contributed by atoms with E-state index in [0.29, 0.717) is 29.5 Å². The minimum atomic E-state index is -0.376. The van der Waals surface area contributed by atoms with E-state index in [2.05, 4.69) is 5.32 Å². The van der Waals surface area contributed by atoms with Crippen LogP contribution in [0.4, 0.5) is 5.00 Å². The van der Waals surface area contributed by atoms with Crippen LogP contribution in [0.25, 0.3) is 0 Å². The average Bonchev–Trinajstić information content (AvgIpc) is 3.20. The molecule has 172 valence electrons. The summed E-state index contributed by atoms with van der Waals surface area (Å²) in [6.45, 7) is 2.40. The molecule has 0 unspecified atom stereocenters. The first-order chi connectivity index (χ1) is 16.1. The number of carbonyl (C=O) groups excluding carboxylic acids is 2. The number of esters is 1. The van der Waals surface area contributed by atoms with Crippen LogP contribution in [-0.2, 0) is 29.0 Å². The fourth-order valence-corrected chi connectivity index (χ4v) is 5.05. The lowest BCUT2D eigenvalue weighted by atomic mass is 9.95. The monoisotopic (exact) mass is 465 g/mol. The molecule has 1 amide bonds. The van der Waals surface area contributed by atoms with E-state index in [4.69, 9.17) is 14.2 Å². The molecule has 7 heteroatoms. The van der Waals surface area contributed by atoms with Crippen molar-refractivity contribution in [2.45, 2.75) is 39.2 Å². The maximum atomic E-state index is 12.6. The Labute approximate surface area is 197 Å². The summed E-state index contributed by atoms with van der Waals surface area (Å²) in [4.78, 5) is 26.2. The molecule has 0 spiro atoms. The van der Waals surface area contributed by atoms with Gasteiger partial charge in [-0.1, -0.05) is 30.3 Å². The fraction of sp³-hybridized carbons (Fsp3) is 0.308. The lowest BCUT2D eigenvalue weighted by Crippen LogP contribution is -2.21. The Morgan fingerprint density at radius 1 is 0.939 bits per heavy atom. The van der Waals surface area contributed by atoms with Gasteiger partial charge < -0.3 is 19.5 Å². The molecule has 4 rings (SSSR count). The molecule has 1 N–H and O–H groups in total. The number of hydrogen-bond donors (Lipinski definition) is 1. The van der Waals surface area contributed by atoms with Gasteiger partial charge in [0.2, 0.25) is 0 Å². The van der Waals surface area contributed by atoms with Crippen LogP contribution in [0.1, 0.15) is 46.1 Å². The Balaban J connectivity index is 1.33. The molecule has 1 aromatic heterocycles. The Hall–Kier alpha value is -3.32. The highest BCUT2D eigenvalue weighted by atomic mass is 32.1. The highest BCUT2D eigenvalue weighted by Crippen LogP contribution is 2.38. The zero-order chi connectivity index (χ0) is 23.0. The third kappa shape index (κ3) is 5.93. The SMILES string of the molecule is CCOC(=O)c1c(NC(=O)COc2ccc(OCc3ccccc3)cc2)sc2c1CCCC2. The molecular formula is C26H27NO5S. The van der Waals surface area contributed by atoms with E-state index in [1.54, 1.807) is 19.1 Å². The third-order valence-electron chi connectivity index (χ3n) is 5.35. The molecule has 0 radical (unpaired) electrons. The predicted octanol–water partition coefficient (Wildman–Crippen LogP) is 5.40. The summed E-state index contributed by atoms with van der Waals surface area (Å²) >= 11 is 1.47. The second kappa shape index (κ2) is 11.0. The molecule has 1 heterocycles. The number of hydrogen-bond acceptors (Lipinski definition) is 6. The van der Waals surface area contributed by atoms with Crippen molar-refractivity contribution in [3.8, 4) is 11.5 Å². The highest BCUT2D eigenvalue weighted by Gasteiger charge is 2.27. The van der Waals surface area contributed by atoms with Crippen molar-refractivity contribution in [3.63, 3.8) is 0 Å². The first-order valence-corrected chi connectivity index (χ1v) is 12.0. The number of amides is 1. The van der Waals surface area contributed by atoms with E-state index in [-0.39, 0.29) is 18.5 Å². The maximum Gasteiger partial charge on any atom is 0.341 e. The molecule has 2 aromatic carbocycles. The molecule has 0 fully saturated rings. The molecule has 6 nitrogen and oxygen atoms in total. The van der Waals surface area contributed by atoms with Gasteiger partial charge in [-0.25, -0.2) is 4.79 Å². The molecule has 0 bridgehead atoms. The minimum absolute atomic E-state index is 0.158. The van der Waals surface area contributed by atoms with Crippen molar-refractivity contribution < 1.29 is 23.8 Å². The van der Waals surface area contributed by atoms with Gasteiger partial charge in [-0.05, 0) is 68.0 Å². The number of fused-ring (bicyclic) bond motifs is 1. The van der Waals surface area contributed by atoms with Crippen molar-refractivity contribution in [1.29, 1.82) is 0 Å². The van der Waals surface area contributed by atoms with Crippen LogP contribution in [0.15, 0.2) is 54.6 Å². The summed E-state index contributed by atoms with van der Waals surface area (Å²) in [6, 6.07) is 17.1. The molecule has 0 aliphatic heterocycles. The lowest BCUT2D eigenvalue weighted by molar-refractivity contribution is -0.118. The third-order valence-corrected chi connectivity index (χ3v) is 6.55. The second-order valence-electron chi connectivity index (χ2n) is 7.72. The van der Waals surface area contributed by atoms with E-state index in [0.717, 1.165) is 47.4 Å². The summed E-state index contributed by atoms with van der Waals surface area (Å²) in [5.74, 6) is 0.593. The van der Waals surface area contributed by atoms with E-state index in [1.807, 2.05) is 42.5 Å². The van der Waals surface area contributed by atoms with Crippen LogP contribution in [-0.4, -0.2) is 25.1 Å². The predicted molar refractivity (Wildman–Crippen MR) is 128 cm³/mol. The molecular weight excluding hydrogens is 438 g/mol. The molecule has 0 saturated heterocycles. The smallest absolute Gasteiger partial charge is 0.341 e. The highest BCUT2D eigenvalue weighted by molar-refractivity contribution is 7.17. The Kier molecular flexibility index (Phi) is 7.62. The number of nitrogens with one attached hydrogen (secondary N) is 1. The number of carbonyl (C=O) groups is 2. The van der Waals surface area contributed by atoms with Gasteiger partial charge in [0.05, 0.1) is 12.2 Å². The van der Waals surface area contributed by atoms with Crippen LogP contribution in [0.5, 0.6) is 11.5 Å². The number of ether oxygens (including phenoxy) is 3. The fourth-order valence-electron chi connectivity index (χ4n) is 3.76. The van der Waals surface area contributed by atoms with Gasteiger partial charge in [0.25, 0.3) is 5.91 Å². The summed E-state index contributed by atoms with van der Waals surface area (Å²) in [5.41, 5.74) is 2.61. The topological polar surface area (TPSA) is 73.9 Å².